The Hall–Kier alpha value is -2.93. The summed E-state index contributed by atoms with van der Waals surface area (Å²) in [5.41, 5.74) is 2.22. The average Bonchev–Trinajstić information content (AvgIpc) is 2.74. The summed E-state index contributed by atoms with van der Waals surface area (Å²) in [4.78, 5) is 33.2. The van der Waals surface area contributed by atoms with Gasteiger partial charge in [0.2, 0.25) is 0 Å². The second-order valence-corrected chi connectivity index (χ2v) is 6.55. The molecule has 1 aliphatic heterocycles. The summed E-state index contributed by atoms with van der Waals surface area (Å²) in [6, 6.07) is 10.6. The number of piperazine rings is 1. The van der Waals surface area contributed by atoms with Crippen LogP contribution in [0.25, 0.3) is 0 Å². The van der Waals surface area contributed by atoms with Gasteiger partial charge in [-0.05, 0) is 37.7 Å². The van der Waals surface area contributed by atoms with Gasteiger partial charge in [0.05, 0.1) is 29.7 Å². The Morgan fingerprint density at radius 2 is 1.82 bits per heavy atom. The van der Waals surface area contributed by atoms with Crippen LogP contribution in [-0.2, 0) is 4.74 Å². The minimum absolute atomic E-state index is 0.0470. The number of ether oxygens (including phenoxy) is 1. The molecule has 1 aromatic carbocycles. The lowest BCUT2D eigenvalue weighted by Gasteiger charge is -2.33. The van der Waals surface area contributed by atoms with Gasteiger partial charge in [0.25, 0.3) is 5.91 Å². The maximum Gasteiger partial charge on any atom is 0.340 e. The molecule has 3 rings (SSSR count). The predicted molar refractivity (Wildman–Crippen MR) is 108 cm³/mol. The number of carbonyl (C=O) groups excluding carboxylic acids is 2. The van der Waals surface area contributed by atoms with Gasteiger partial charge in [-0.2, -0.15) is 0 Å². The van der Waals surface area contributed by atoms with Crippen LogP contribution < -0.4 is 5.32 Å². The first-order chi connectivity index (χ1) is 13.6. The lowest BCUT2D eigenvalue weighted by molar-refractivity contribution is 0.0527. The summed E-state index contributed by atoms with van der Waals surface area (Å²) in [5.74, 6) is -0.425. The Kier molecular flexibility index (Phi) is 6.60. The number of likely N-dealkylation sites (N-methyl/N-ethyl adjacent to an activating group) is 1. The van der Waals surface area contributed by atoms with E-state index in [0.29, 0.717) is 29.2 Å². The Bertz CT molecular complexity index is 815. The molecule has 1 aromatic heterocycles. The fraction of sp³-hybridized carbons (Fsp3) is 0.381. The number of pyridine rings is 1. The van der Waals surface area contributed by atoms with Crippen molar-refractivity contribution in [1.82, 2.24) is 14.8 Å². The highest BCUT2D eigenvalue weighted by Gasteiger charge is 2.22. The number of benzene rings is 1. The van der Waals surface area contributed by atoms with E-state index in [2.05, 4.69) is 22.1 Å². The number of carbonyl (C=O) groups is 2. The summed E-state index contributed by atoms with van der Waals surface area (Å²) in [6.45, 7) is 8.47. The predicted octanol–water partition coefficient (Wildman–Crippen LogP) is 2.78. The van der Waals surface area contributed by atoms with Gasteiger partial charge in [-0.3, -0.25) is 4.79 Å². The molecule has 7 heteroatoms. The molecule has 1 N–H and O–H groups in total. The number of nitrogens with one attached hydrogen (secondary N) is 1. The first-order valence-electron chi connectivity index (χ1n) is 9.63. The van der Waals surface area contributed by atoms with E-state index >= 15 is 0 Å². The van der Waals surface area contributed by atoms with Crippen LogP contribution in [-0.4, -0.2) is 66.0 Å². The van der Waals surface area contributed by atoms with Gasteiger partial charge in [0.15, 0.2) is 0 Å². The van der Waals surface area contributed by atoms with Crippen LogP contribution >= 0.6 is 0 Å². The summed E-state index contributed by atoms with van der Waals surface area (Å²) in [7, 11) is 0. The van der Waals surface area contributed by atoms with Crippen molar-refractivity contribution in [2.45, 2.75) is 13.8 Å². The Labute approximate surface area is 165 Å². The zero-order valence-electron chi connectivity index (χ0n) is 16.4. The molecule has 1 aliphatic rings. The third-order valence-electron chi connectivity index (χ3n) is 4.79. The third-order valence-corrected chi connectivity index (χ3v) is 4.79. The van der Waals surface area contributed by atoms with E-state index in [9.17, 15) is 9.59 Å². The summed E-state index contributed by atoms with van der Waals surface area (Å²) >= 11 is 0. The van der Waals surface area contributed by atoms with Gasteiger partial charge in [-0.1, -0.05) is 19.1 Å². The number of aromatic nitrogens is 1. The van der Waals surface area contributed by atoms with E-state index in [1.165, 1.54) is 0 Å². The molecule has 0 unspecified atom stereocenters. The Morgan fingerprint density at radius 3 is 2.46 bits per heavy atom. The highest BCUT2D eigenvalue weighted by molar-refractivity contribution is 5.96. The maximum atomic E-state index is 12.6. The van der Waals surface area contributed by atoms with Gasteiger partial charge < -0.3 is 19.9 Å². The highest BCUT2D eigenvalue weighted by Crippen LogP contribution is 2.21. The topological polar surface area (TPSA) is 74.8 Å². The first kappa shape index (κ1) is 19.8. The zero-order chi connectivity index (χ0) is 19.9. The van der Waals surface area contributed by atoms with Gasteiger partial charge in [-0.15, -0.1) is 0 Å². The number of nitrogens with zero attached hydrogens (tertiary/aromatic N) is 3. The van der Waals surface area contributed by atoms with Crippen LogP contribution in [0.15, 0.2) is 42.6 Å². The smallest absolute Gasteiger partial charge is 0.340 e. The number of para-hydroxylation sites is 1. The van der Waals surface area contributed by atoms with E-state index < -0.39 is 0 Å². The van der Waals surface area contributed by atoms with Crippen molar-refractivity contribution >= 4 is 23.3 Å². The van der Waals surface area contributed by atoms with E-state index in [1.807, 2.05) is 11.0 Å². The van der Waals surface area contributed by atoms with E-state index in [-0.39, 0.29) is 11.9 Å². The SMILES string of the molecule is CCOC(=O)c1ccccc1Nc1ccc(C(=O)N2CCN(CC)CC2)nc1. The highest BCUT2D eigenvalue weighted by atomic mass is 16.5. The van der Waals surface area contributed by atoms with Crippen LogP contribution in [0.4, 0.5) is 11.4 Å². The van der Waals surface area contributed by atoms with Crippen LogP contribution in [0.3, 0.4) is 0 Å². The molecule has 1 amide bonds. The molecule has 2 heterocycles. The minimum Gasteiger partial charge on any atom is -0.462 e. The van der Waals surface area contributed by atoms with Crippen molar-refractivity contribution in [3.05, 3.63) is 53.9 Å². The molecule has 1 fully saturated rings. The van der Waals surface area contributed by atoms with E-state index in [1.54, 1.807) is 43.5 Å². The fourth-order valence-corrected chi connectivity index (χ4v) is 3.16. The van der Waals surface area contributed by atoms with Crippen LogP contribution in [0.2, 0.25) is 0 Å². The molecule has 0 spiro atoms. The van der Waals surface area contributed by atoms with E-state index in [0.717, 1.165) is 32.7 Å². The number of hydrogen-bond donors (Lipinski definition) is 1. The lowest BCUT2D eigenvalue weighted by Crippen LogP contribution is -2.48. The zero-order valence-corrected chi connectivity index (χ0v) is 16.4. The van der Waals surface area contributed by atoms with E-state index in [4.69, 9.17) is 4.74 Å². The van der Waals surface area contributed by atoms with Gasteiger partial charge >= 0.3 is 5.97 Å². The van der Waals surface area contributed by atoms with Crippen molar-refractivity contribution in [2.75, 3.05) is 44.6 Å². The number of amides is 1. The summed E-state index contributed by atoms with van der Waals surface area (Å²) < 4.78 is 5.09. The van der Waals surface area contributed by atoms with Crippen molar-refractivity contribution in [1.29, 1.82) is 0 Å². The summed E-state index contributed by atoms with van der Waals surface area (Å²) in [5, 5.41) is 3.18. The lowest BCUT2D eigenvalue weighted by atomic mass is 10.1. The molecule has 0 bridgehead atoms. The van der Waals surface area contributed by atoms with Crippen molar-refractivity contribution in [2.24, 2.45) is 0 Å². The first-order valence-corrected chi connectivity index (χ1v) is 9.63. The molecular weight excluding hydrogens is 356 g/mol. The molecule has 148 valence electrons. The summed E-state index contributed by atoms with van der Waals surface area (Å²) in [6.07, 6.45) is 1.61. The average molecular weight is 382 g/mol. The second kappa shape index (κ2) is 9.32. The maximum absolute atomic E-state index is 12.6. The van der Waals surface area contributed by atoms with Crippen molar-refractivity contribution < 1.29 is 14.3 Å². The van der Waals surface area contributed by atoms with Crippen molar-refractivity contribution in [3.8, 4) is 0 Å². The number of hydrogen-bond acceptors (Lipinski definition) is 6. The molecule has 7 nitrogen and oxygen atoms in total. The van der Waals surface area contributed by atoms with Gasteiger partial charge in [-0.25, -0.2) is 9.78 Å². The normalized spacial score (nSPS) is 14.6. The number of rotatable bonds is 6. The fourth-order valence-electron chi connectivity index (χ4n) is 3.16. The van der Waals surface area contributed by atoms with Gasteiger partial charge in [0, 0.05) is 26.2 Å². The Morgan fingerprint density at radius 1 is 1.07 bits per heavy atom. The van der Waals surface area contributed by atoms with Gasteiger partial charge in [0.1, 0.15) is 5.69 Å². The molecule has 0 atom stereocenters. The van der Waals surface area contributed by atoms with Crippen LogP contribution in [0.1, 0.15) is 34.7 Å². The molecule has 1 saturated heterocycles. The molecular formula is C21H26N4O3. The third kappa shape index (κ3) is 4.67. The molecule has 0 radical (unpaired) electrons. The molecule has 2 aromatic rings. The van der Waals surface area contributed by atoms with Crippen LogP contribution in [0, 0.1) is 0 Å². The monoisotopic (exact) mass is 382 g/mol. The Balaban J connectivity index is 1.67. The second-order valence-electron chi connectivity index (χ2n) is 6.55. The van der Waals surface area contributed by atoms with Crippen LogP contribution in [0.5, 0.6) is 0 Å². The largest absolute Gasteiger partial charge is 0.462 e. The molecule has 0 aliphatic carbocycles. The molecule has 28 heavy (non-hydrogen) atoms. The standard InChI is InChI=1S/C21H26N4O3/c1-3-24-11-13-25(14-12-24)20(26)19-10-9-16(15-22-19)23-18-8-6-5-7-17(18)21(27)28-4-2/h5-10,15,23H,3-4,11-14H2,1-2H3. The quantitative estimate of drug-likeness (QED) is 0.775. The minimum atomic E-state index is -0.378. The number of anilines is 2. The molecule has 0 saturated carbocycles. The number of esters is 1. The van der Waals surface area contributed by atoms with Crippen molar-refractivity contribution in [3.63, 3.8) is 0 Å².